The Hall–Kier alpha value is -1.14. The van der Waals surface area contributed by atoms with Gasteiger partial charge in [-0.1, -0.05) is 0 Å². The van der Waals surface area contributed by atoms with Crippen LogP contribution in [0.1, 0.15) is 27.7 Å². The quantitative estimate of drug-likeness (QED) is 0.560. The van der Waals surface area contributed by atoms with Crippen LogP contribution in [0.4, 0.5) is 0 Å². The molecule has 0 saturated heterocycles. The van der Waals surface area contributed by atoms with Gasteiger partial charge in [-0.25, -0.2) is 4.79 Å². The Morgan fingerprint density at radius 2 is 2.00 bits per heavy atom. The SMILES string of the molecule is CCOC(C)(C)CNCC(NC(C)=O)C(=O)O. The number of aliphatic carboxylic acids is 1. The van der Waals surface area contributed by atoms with Crippen molar-refractivity contribution < 1.29 is 19.4 Å². The summed E-state index contributed by atoms with van der Waals surface area (Å²) < 4.78 is 5.46. The van der Waals surface area contributed by atoms with E-state index in [1.165, 1.54) is 6.92 Å². The lowest BCUT2D eigenvalue weighted by Gasteiger charge is -2.26. The third kappa shape index (κ3) is 7.70. The molecule has 0 radical (unpaired) electrons. The average molecular weight is 246 g/mol. The van der Waals surface area contributed by atoms with Crippen LogP contribution in [0.25, 0.3) is 0 Å². The van der Waals surface area contributed by atoms with Gasteiger partial charge in [0.05, 0.1) is 5.60 Å². The molecule has 0 bridgehead atoms. The smallest absolute Gasteiger partial charge is 0.327 e. The van der Waals surface area contributed by atoms with Gasteiger partial charge in [0.15, 0.2) is 0 Å². The van der Waals surface area contributed by atoms with Crippen molar-refractivity contribution >= 4 is 11.9 Å². The number of ether oxygens (including phenoxy) is 1. The maximum atomic E-state index is 10.8. The van der Waals surface area contributed by atoms with Crippen LogP contribution in [0.5, 0.6) is 0 Å². The number of hydrogen-bond acceptors (Lipinski definition) is 4. The summed E-state index contributed by atoms with van der Waals surface area (Å²) in [6, 6.07) is -0.912. The fourth-order valence-electron chi connectivity index (χ4n) is 1.40. The van der Waals surface area contributed by atoms with Crippen LogP contribution < -0.4 is 10.6 Å². The van der Waals surface area contributed by atoms with Crippen molar-refractivity contribution in [1.82, 2.24) is 10.6 Å². The number of carbonyl (C=O) groups excluding carboxylic acids is 1. The summed E-state index contributed by atoms with van der Waals surface area (Å²) in [6.45, 7) is 8.31. The van der Waals surface area contributed by atoms with Gasteiger partial charge in [-0.05, 0) is 20.8 Å². The van der Waals surface area contributed by atoms with Crippen molar-refractivity contribution in [2.75, 3.05) is 19.7 Å². The molecule has 0 aliphatic carbocycles. The Morgan fingerprint density at radius 3 is 2.41 bits per heavy atom. The van der Waals surface area contributed by atoms with Crippen LogP contribution in [0.2, 0.25) is 0 Å². The van der Waals surface area contributed by atoms with Crippen molar-refractivity contribution in [3.05, 3.63) is 0 Å². The summed E-state index contributed by atoms with van der Waals surface area (Å²) in [5.74, 6) is -1.41. The fraction of sp³-hybridized carbons (Fsp3) is 0.818. The Kier molecular flexibility index (Phi) is 6.75. The normalized spacial score (nSPS) is 13.2. The summed E-state index contributed by atoms with van der Waals surface area (Å²) in [7, 11) is 0. The van der Waals surface area contributed by atoms with E-state index in [2.05, 4.69) is 10.6 Å². The molecule has 0 aromatic carbocycles. The van der Waals surface area contributed by atoms with E-state index in [1.54, 1.807) is 0 Å². The number of nitrogens with one attached hydrogen (secondary N) is 2. The van der Waals surface area contributed by atoms with Crippen LogP contribution in [-0.4, -0.2) is 48.3 Å². The van der Waals surface area contributed by atoms with Crippen molar-refractivity contribution in [3.8, 4) is 0 Å². The highest BCUT2D eigenvalue weighted by molar-refractivity contribution is 5.82. The molecule has 6 heteroatoms. The molecule has 0 saturated carbocycles. The van der Waals surface area contributed by atoms with Crippen molar-refractivity contribution in [2.45, 2.75) is 39.3 Å². The second kappa shape index (κ2) is 7.24. The first-order chi connectivity index (χ1) is 7.78. The van der Waals surface area contributed by atoms with E-state index in [4.69, 9.17) is 9.84 Å². The maximum Gasteiger partial charge on any atom is 0.327 e. The van der Waals surface area contributed by atoms with Crippen molar-refractivity contribution in [3.63, 3.8) is 0 Å². The standard InChI is InChI=1S/C11H22N2O4/c1-5-17-11(3,4)7-12-6-9(10(15)16)13-8(2)14/h9,12H,5-7H2,1-4H3,(H,13,14)(H,15,16). The number of hydrogen-bond donors (Lipinski definition) is 3. The third-order valence-corrected chi connectivity index (χ3v) is 2.11. The van der Waals surface area contributed by atoms with E-state index in [1.807, 2.05) is 20.8 Å². The number of carboxylic acid groups (broad SMARTS) is 1. The molecule has 0 heterocycles. The zero-order chi connectivity index (χ0) is 13.5. The van der Waals surface area contributed by atoms with Gasteiger partial charge in [-0.3, -0.25) is 4.79 Å². The number of carbonyl (C=O) groups is 2. The zero-order valence-corrected chi connectivity index (χ0v) is 10.9. The largest absolute Gasteiger partial charge is 0.480 e. The summed E-state index contributed by atoms with van der Waals surface area (Å²) >= 11 is 0. The lowest BCUT2D eigenvalue weighted by molar-refractivity contribution is -0.141. The highest BCUT2D eigenvalue weighted by atomic mass is 16.5. The molecular formula is C11H22N2O4. The third-order valence-electron chi connectivity index (χ3n) is 2.11. The molecule has 3 N–H and O–H groups in total. The Balaban J connectivity index is 4.06. The molecule has 0 spiro atoms. The van der Waals surface area contributed by atoms with Crippen molar-refractivity contribution in [2.24, 2.45) is 0 Å². The molecule has 0 aliphatic rings. The van der Waals surface area contributed by atoms with Crippen LogP contribution in [0.15, 0.2) is 0 Å². The van der Waals surface area contributed by atoms with Gasteiger partial charge in [0.2, 0.25) is 5.91 Å². The molecule has 17 heavy (non-hydrogen) atoms. The first-order valence-electron chi connectivity index (χ1n) is 5.63. The number of rotatable bonds is 8. The lowest BCUT2D eigenvalue weighted by Crippen LogP contribution is -2.49. The lowest BCUT2D eigenvalue weighted by atomic mass is 10.1. The first-order valence-corrected chi connectivity index (χ1v) is 5.63. The van der Waals surface area contributed by atoms with Crippen LogP contribution >= 0.6 is 0 Å². The predicted molar refractivity (Wildman–Crippen MR) is 63.8 cm³/mol. The van der Waals surface area contributed by atoms with Crippen LogP contribution in [-0.2, 0) is 14.3 Å². The predicted octanol–water partition coefficient (Wildman–Crippen LogP) is -0.0196. The first kappa shape index (κ1) is 15.9. The second-order valence-electron chi connectivity index (χ2n) is 4.41. The molecule has 0 aromatic heterocycles. The van der Waals surface area contributed by atoms with Gasteiger partial charge in [0, 0.05) is 26.6 Å². The van der Waals surface area contributed by atoms with Gasteiger partial charge in [-0.15, -0.1) is 0 Å². The zero-order valence-electron chi connectivity index (χ0n) is 10.9. The monoisotopic (exact) mass is 246 g/mol. The van der Waals surface area contributed by atoms with E-state index in [9.17, 15) is 9.59 Å². The number of amides is 1. The highest BCUT2D eigenvalue weighted by Crippen LogP contribution is 2.06. The molecule has 6 nitrogen and oxygen atoms in total. The molecule has 0 aliphatic heterocycles. The molecule has 1 unspecified atom stereocenters. The van der Waals surface area contributed by atoms with Crippen LogP contribution in [0.3, 0.4) is 0 Å². The molecule has 0 rings (SSSR count). The Morgan fingerprint density at radius 1 is 1.41 bits per heavy atom. The van der Waals surface area contributed by atoms with E-state index in [-0.39, 0.29) is 18.1 Å². The minimum Gasteiger partial charge on any atom is -0.480 e. The molecule has 1 amide bonds. The average Bonchev–Trinajstić information content (AvgIpc) is 2.14. The fourth-order valence-corrected chi connectivity index (χ4v) is 1.40. The van der Waals surface area contributed by atoms with E-state index >= 15 is 0 Å². The van der Waals surface area contributed by atoms with Gasteiger partial charge >= 0.3 is 5.97 Å². The molecule has 100 valence electrons. The molecule has 1 atom stereocenters. The summed E-state index contributed by atoms with van der Waals surface area (Å²) in [5, 5.41) is 14.2. The maximum absolute atomic E-state index is 10.8. The summed E-state index contributed by atoms with van der Waals surface area (Å²) in [5.41, 5.74) is -0.353. The van der Waals surface area contributed by atoms with Gasteiger partial charge in [0.1, 0.15) is 6.04 Å². The molecule has 0 aromatic rings. The minimum atomic E-state index is -1.05. The topological polar surface area (TPSA) is 87.7 Å². The van der Waals surface area contributed by atoms with Crippen molar-refractivity contribution in [1.29, 1.82) is 0 Å². The van der Waals surface area contributed by atoms with Gasteiger partial charge in [0.25, 0.3) is 0 Å². The minimum absolute atomic E-state index is 0.172. The van der Waals surface area contributed by atoms with Gasteiger partial charge in [-0.2, -0.15) is 0 Å². The molecular weight excluding hydrogens is 224 g/mol. The van der Waals surface area contributed by atoms with Crippen LogP contribution in [0, 0.1) is 0 Å². The summed E-state index contributed by atoms with van der Waals surface area (Å²) in [4.78, 5) is 21.6. The molecule has 0 fully saturated rings. The second-order valence-corrected chi connectivity index (χ2v) is 4.41. The van der Waals surface area contributed by atoms with E-state index < -0.39 is 12.0 Å². The van der Waals surface area contributed by atoms with Gasteiger partial charge < -0.3 is 20.5 Å². The Bertz CT molecular complexity index is 266. The number of carboxylic acids is 1. The Labute approximate surface area is 102 Å². The summed E-state index contributed by atoms with van der Waals surface area (Å²) in [6.07, 6.45) is 0. The van der Waals surface area contributed by atoms with E-state index in [0.717, 1.165) is 0 Å². The van der Waals surface area contributed by atoms with E-state index in [0.29, 0.717) is 13.2 Å². The highest BCUT2D eigenvalue weighted by Gasteiger charge is 2.21.